The lowest BCUT2D eigenvalue weighted by molar-refractivity contribution is -0.122. The Kier molecular flexibility index (Phi) is 2.92. The molecule has 0 saturated carbocycles. The Morgan fingerprint density at radius 1 is 0.905 bits per heavy atom. The molecular formula is C18H18N2O. The van der Waals surface area contributed by atoms with E-state index >= 15 is 0 Å². The lowest BCUT2D eigenvalue weighted by Crippen LogP contribution is -2.44. The average Bonchev–Trinajstić information content (AvgIpc) is 3.10. The molecule has 1 unspecified atom stereocenters. The molecule has 106 valence electrons. The first kappa shape index (κ1) is 12.5. The van der Waals surface area contributed by atoms with E-state index in [0.29, 0.717) is 0 Å². The Bertz CT molecular complexity index is 645. The van der Waals surface area contributed by atoms with Crippen molar-refractivity contribution in [3.8, 4) is 0 Å². The summed E-state index contributed by atoms with van der Waals surface area (Å²) in [6.45, 7) is 0. The lowest BCUT2D eigenvalue weighted by Gasteiger charge is -2.16. The number of anilines is 1. The molecule has 4 rings (SSSR count). The van der Waals surface area contributed by atoms with Crippen LogP contribution in [0.1, 0.15) is 16.7 Å². The second kappa shape index (κ2) is 4.92. The van der Waals surface area contributed by atoms with Crippen LogP contribution in [0.15, 0.2) is 48.5 Å². The number of benzene rings is 2. The summed E-state index contributed by atoms with van der Waals surface area (Å²) in [6, 6.07) is 16.7. The quantitative estimate of drug-likeness (QED) is 0.885. The fourth-order valence-corrected chi connectivity index (χ4v) is 3.42. The van der Waals surface area contributed by atoms with Gasteiger partial charge in [0.25, 0.3) is 0 Å². The summed E-state index contributed by atoms with van der Waals surface area (Å²) in [5.41, 5.74) is 5.05. The maximum atomic E-state index is 12.4. The smallest absolute Gasteiger partial charge is 0.243 e. The number of nitrogens with one attached hydrogen (secondary N) is 2. The molecule has 1 atom stereocenters. The molecule has 2 aliphatic rings. The Hall–Kier alpha value is -2.29. The van der Waals surface area contributed by atoms with Gasteiger partial charge in [0.1, 0.15) is 6.04 Å². The zero-order chi connectivity index (χ0) is 14.2. The van der Waals surface area contributed by atoms with Gasteiger partial charge in [0.2, 0.25) is 5.91 Å². The number of carbonyl (C=O) groups excluding carboxylic acids is 1. The number of para-hydroxylation sites is 1. The van der Waals surface area contributed by atoms with Crippen LogP contribution in [0.25, 0.3) is 0 Å². The minimum Gasteiger partial charge on any atom is -0.373 e. The van der Waals surface area contributed by atoms with Gasteiger partial charge in [-0.15, -0.1) is 0 Å². The van der Waals surface area contributed by atoms with Crippen molar-refractivity contribution in [2.24, 2.45) is 0 Å². The van der Waals surface area contributed by atoms with Crippen molar-refractivity contribution in [2.45, 2.75) is 31.3 Å². The van der Waals surface area contributed by atoms with E-state index in [9.17, 15) is 4.79 Å². The van der Waals surface area contributed by atoms with Crippen molar-refractivity contribution in [1.82, 2.24) is 5.32 Å². The minimum absolute atomic E-state index is 0.115. The molecule has 1 aliphatic heterocycles. The topological polar surface area (TPSA) is 41.1 Å². The van der Waals surface area contributed by atoms with E-state index < -0.39 is 0 Å². The average molecular weight is 278 g/mol. The van der Waals surface area contributed by atoms with Gasteiger partial charge in [0.15, 0.2) is 0 Å². The summed E-state index contributed by atoms with van der Waals surface area (Å²) < 4.78 is 0. The molecule has 2 N–H and O–H groups in total. The van der Waals surface area contributed by atoms with Crippen LogP contribution >= 0.6 is 0 Å². The van der Waals surface area contributed by atoms with Gasteiger partial charge in [0, 0.05) is 18.2 Å². The van der Waals surface area contributed by atoms with E-state index in [1.54, 1.807) is 0 Å². The van der Waals surface area contributed by atoms with Crippen LogP contribution < -0.4 is 10.6 Å². The summed E-state index contributed by atoms with van der Waals surface area (Å²) in [5.74, 6) is 0.115. The first-order valence-electron chi connectivity index (χ1n) is 7.51. The second-order valence-electron chi connectivity index (χ2n) is 5.94. The highest BCUT2D eigenvalue weighted by Crippen LogP contribution is 2.26. The Balaban J connectivity index is 1.40. The fraction of sp³-hybridized carbons (Fsp3) is 0.278. The fourth-order valence-electron chi connectivity index (χ4n) is 3.42. The van der Waals surface area contributed by atoms with Crippen molar-refractivity contribution in [3.05, 3.63) is 65.2 Å². The molecule has 2 aromatic rings. The molecule has 0 radical (unpaired) electrons. The van der Waals surface area contributed by atoms with Crippen molar-refractivity contribution in [3.63, 3.8) is 0 Å². The van der Waals surface area contributed by atoms with Gasteiger partial charge in [-0.25, -0.2) is 0 Å². The molecule has 0 fully saturated rings. The van der Waals surface area contributed by atoms with Crippen molar-refractivity contribution in [2.75, 3.05) is 5.32 Å². The first-order valence-corrected chi connectivity index (χ1v) is 7.51. The SMILES string of the molecule is O=C(NC1Cc2ccccc2C1)C1Cc2ccccc2N1. The Morgan fingerprint density at radius 3 is 2.19 bits per heavy atom. The second-order valence-corrected chi connectivity index (χ2v) is 5.94. The van der Waals surface area contributed by atoms with Gasteiger partial charge in [-0.3, -0.25) is 4.79 Å². The number of hydrogen-bond acceptors (Lipinski definition) is 2. The Labute approximate surface area is 124 Å². The van der Waals surface area contributed by atoms with E-state index in [4.69, 9.17) is 0 Å². The summed E-state index contributed by atoms with van der Waals surface area (Å²) in [4.78, 5) is 12.4. The predicted octanol–water partition coefficient (Wildman–Crippen LogP) is 2.31. The number of amides is 1. The maximum Gasteiger partial charge on any atom is 0.243 e. The highest BCUT2D eigenvalue weighted by Gasteiger charge is 2.29. The molecule has 0 bridgehead atoms. The number of rotatable bonds is 2. The van der Waals surface area contributed by atoms with Crippen LogP contribution in [-0.2, 0) is 24.1 Å². The number of fused-ring (bicyclic) bond motifs is 2. The van der Waals surface area contributed by atoms with Crippen LogP contribution in [0.4, 0.5) is 5.69 Å². The van der Waals surface area contributed by atoms with E-state index in [0.717, 1.165) is 24.9 Å². The van der Waals surface area contributed by atoms with E-state index in [1.807, 2.05) is 18.2 Å². The maximum absolute atomic E-state index is 12.4. The van der Waals surface area contributed by atoms with Gasteiger partial charge < -0.3 is 10.6 Å². The van der Waals surface area contributed by atoms with E-state index in [2.05, 4.69) is 41.0 Å². The van der Waals surface area contributed by atoms with Gasteiger partial charge in [-0.1, -0.05) is 42.5 Å². The van der Waals surface area contributed by atoms with Crippen LogP contribution in [0.2, 0.25) is 0 Å². The molecule has 3 nitrogen and oxygen atoms in total. The van der Waals surface area contributed by atoms with Crippen molar-refractivity contribution < 1.29 is 4.79 Å². The Morgan fingerprint density at radius 2 is 1.52 bits per heavy atom. The summed E-state index contributed by atoms with van der Waals surface area (Å²) in [6.07, 6.45) is 2.67. The summed E-state index contributed by atoms with van der Waals surface area (Å²) in [7, 11) is 0. The van der Waals surface area contributed by atoms with Gasteiger partial charge in [-0.2, -0.15) is 0 Å². The molecular weight excluding hydrogens is 260 g/mol. The van der Waals surface area contributed by atoms with Crippen molar-refractivity contribution >= 4 is 11.6 Å². The van der Waals surface area contributed by atoms with Gasteiger partial charge in [-0.05, 0) is 35.6 Å². The molecule has 0 aromatic heterocycles. The molecule has 0 spiro atoms. The summed E-state index contributed by atoms with van der Waals surface area (Å²) in [5, 5.41) is 6.52. The monoisotopic (exact) mass is 278 g/mol. The molecule has 21 heavy (non-hydrogen) atoms. The molecule has 1 amide bonds. The lowest BCUT2D eigenvalue weighted by atomic mass is 10.1. The van der Waals surface area contributed by atoms with Gasteiger partial charge in [0.05, 0.1) is 0 Å². The standard InChI is InChI=1S/C18H18N2O/c21-18(17-11-14-7-3-4-8-16(14)20-17)19-15-9-12-5-1-2-6-13(12)10-15/h1-8,15,17,20H,9-11H2,(H,19,21). The highest BCUT2D eigenvalue weighted by atomic mass is 16.2. The van der Waals surface area contributed by atoms with E-state index in [-0.39, 0.29) is 18.0 Å². The third-order valence-corrected chi connectivity index (χ3v) is 4.49. The number of carbonyl (C=O) groups is 1. The zero-order valence-corrected chi connectivity index (χ0v) is 11.8. The molecule has 0 saturated heterocycles. The third-order valence-electron chi connectivity index (χ3n) is 4.49. The third kappa shape index (κ3) is 2.29. The zero-order valence-electron chi connectivity index (χ0n) is 11.8. The minimum atomic E-state index is -0.133. The predicted molar refractivity (Wildman–Crippen MR) is 83.3 cm³/mol. The van der Waals surface area contributed by atoms with E-state index in [1.165, 1.54) is 16.7 Å². The van der Waals surface area contributed by atoms with Crippen LogP contribution in [-0.4, -0.2) is 18.0 Å². The largest absolute Gasteiger partial charge is 0.373 e. The van der Waals surface area contributed by atoms with Crippen LogP contribution in [0.5, 0.6) is 0 Å². The molecule has 2 aromatic carbocycles. The number of hydrogen-bond donors (Lipinski definition) is 2. The summed E-state index contributed by atoms with van der Waals surface area (Å²) >= 11 is 0. The van der Waals surface area contributed by atoms with Crippen LogP contribution in [0, 0.1) is 0 Å². The highest BCUT2D eigenvalue weighted by molar-refractivity contribution is 5.87. The first-order chi connectivity index (χ1) is 10.3. The van der Waals surface area contributed by atoms with Gasteiger partial charge >= 0.3 is 0 Å². The normalized spacial score (nSPS) is 19.7. The van der Waals surface area contributed by atoms with Crippen LogP contribution in [0.3, 0.4) is 0 Å². The van der Waals surface area contributed by atoms with Crippen molar-refractivity contribution in [1.29, 1.82) is 0 Å². The molecule has 3 heteroatoms. The molecule has 1 aliphatic carbocycles. The molecule has 1 heterocycles.